The molecule has 5 nitrogen and oxygen atoms in total. The average Bonchev–Trinajstić information content (AvgIpc) is 2.53. The number of benzene rings is 1. The van der Waals surface area contributed by atoms with Gasteiger partial charge in [-0.1, -0.05) is 40.9 Å². The summed E-state index contributed by atoms with van der Waals surface area (Å²) in [7, 11) is 0. The van der Waals surface area contributed by atoms with Crippen LogP contribution in [0.3, 0.4) is 0 Å². The fraction of sp³-hybridized carbons (Fsp3) is 0.591. The van der Waals surface area contributed by atoms with Crippen molar-refractivity contribution in [3.63, 3.8) is 0 Å². The third kappa shape index (κ3) is 7.14. The van der Waals surface area contributed by atoms with Gasteiger partial charge in [0.15, 0.2) is 3.79 Å². The summed E-state index contributed by atoms with van der Waals surface area (Å²) in [6.07, 6.45) is 2.31. The molecule has 0 aliphatic carbocycles. The number of halogens is 3. The molecule has 0 saturated heterocycles. The van der Waals surface area contributed by atoms with E-state index >= 15 is 0 Å². The van der Waals surface area contributed by atoms with E-state index < -0.39 is 15.5 Å². The van der Waals surface area contributed by atoms with Crippen molar-refractivity contribution >= 4 is 52.2 Å². The van der Waals surface area contributed by atoms with Gasteiger partial charge in [0, 0.05) is 19.0 Å². The third-order valence-electron chi connectivity index (χ3n) is 4.59. The van der Waals surface area contributed by atoms with Gasteiger partial charge < -0.3 is 20.1 Å². The summed E-state index contributed by atoms with van der Waals surface area (Å²) in [6.45, 7) is 11.7. The minimum Gasteiger partial charge on any atom is -0.489 e. The second-order valence-electron chi connectivity index (χ2n) is 8.91. The molecule has 1 heterocycles. The molecule has 0 saturated carbocycles. The van der Waals surface area contributed by atoms with Crippen LogP contribution >= 0.6 is 34.8 Å². The van der Waals surface area contributed by atoms with Crippen LogP contribution < -0.4 is 10.5 Å². The van der Waals surface area contributed by atoms with E-state index in [0.717, 1.165) is 16.7 Å². The van der Waals surface area contributed by atoms with Crippen LogP contribution in [0.1, 0.15) is 58.6 Å². The molecular formula is C22H31Cl3N2O3. The number of hydrogen-bond donors (Lipinski definition) is 1. The van der Waals surface area contributed by atoms with Crippen molar-refractivity contribution in [2.24, 2.45) is 0 Å². The number of rotatable bonds is 4. The van der Waals surface area contributed by atoms with E-state index in [1.807, 2.05) is 59.8 Å². The summed E-state index contributed by atoms with van der Waals surface area (Å²) in [5, 5.41) is 0. The fourth-order valence-electron chi connectivity index (χ4n) is 3.43. The molecule has 0 fully saturated rings. The molecule has 1 amide bonds. The highest BCUT2D eigenvalue weighted by Crippen LogP contribution is 2.40. The van der Waals surface area contributed by atoms with Gasteiger partial charge in [0.25, 0.3) is 0 Å². The van der Waals surface area contributed by atoms with Crippen molar-refractivity contribution in [1.82, 2.24) is 4.90 Å². The first-order valence-corrected chi connectivity index (χ1v) is 11.1. The van der Waals surface area contributed by atoms with Gasteiger partial charge in [-0.15, -0.1) is 0 Å². The number of nitrogens with zero attached hydrogens (tertiary/aromatic N) is 1. The van der Waals surface area contributed by atoms with Gasteiger partial charge in [0.1, 0.15) is 11.4 Å². The van der Waals surface area contributed by atoms with Gasteiger partial charge in [0.05, 0.1) is 11.8 Å². The minimum absolute atomic E-state index is 0.00274. The molecule has 2 rings (SSSR count). The first-order valence-electron chi connectivity index (χ1n) is 9.99. The van der Waals surface area contributed by atoms with E-state index in [1.54, 1.807) is 4.90 Å². The largest absolute Gasteiger partial charge is 0.489 e. The second kappa shape index (κ2) is 9.46. The smallest absolute Gasteiger partial charge is 0.410 e. The highest BCUT2D eigenvalue weighted by molar-refractivity contribution is 6.67. The lowest BCUT2D eigenvalue weighted by Gasteiger charge is -2.38. The normalized spacial score (nSPS) is 17.7. The summed E-state index contributed by atoms with van der Waals surface area (Å²) < 4.78 is 9.92. The number of carbonyl (C=O) groups excluding carboxylic acids is 1. The Hall–Kier alpha value is -1.30. The summed E-state index contributed by atoms with van der Waals surface area (Å²) >= 11 is 18.3. The number of anilines is 1. The number of carbonyl (C=O) groups is 1. The van der Waals surface area contributed by atoms with Gasteiger partial charge in [-0.3, -0.25) is 0 Å². The van der Waals surface area contributed by atoms with Crippen molar-refractivity contribution in [1.29, 1.82) is 0 Å². The third-order valence-corrected chi connectivity index (χ3v) is 5.05. The summed E-state index contributed by atoms with van der Waals surface area (Å²) in [5.74, 6) is 0.638. The molecule has 1 aliphatic rings. The summed E-state index contributed by atoms with van der Waals surface area (Å²) in [5.41, 5.74) is 9.21. The van der Waals surface area contributed by atoms with Crippen LogP contribution in [0.25, 0.3) is 5.57 Å². The average molecular weight is 478 g/mol. The van der Waals surface area contributed by atoms with E-state index in [1.165, 1.54) is 0 Å². The zero-order valence-corrected chi connectivity index (χ0v) is 20.7. The Kier molecular flexibility index (Phi) is 7.87. The SMILES string of the molecule is Cc1cc(N)c(OC(C)C)cc1C1=CCN(C(=O)OC(C)(C)C)C(CC(Cl)(Cl)Cl)C1. The predicted octanol–water partition coefficient (Wildman–Crippen LogP) is 6.52. The Bertz CT molecular complexity index is 811. The molecule has 1 aromatic carbocycles. The standard InChI is InChI=1S/C22H31Cl3N2O3/c1-13(2)29-19-11-17(14(3)9-18(19)26)15-7-8-27(20(28)30-21(4,5)6)16(10-15)12-22(23,24)25/h7,9,11,13,16H,8,10,12,26H2,1-6H3. The molecule has 30 heavy (non-hydrogen) atoms. The molecular weight excluding hydrogens is 447 g/mol. The maximum Gasteiger partial charge on any atom is 0.410 e. The number of alkyl halides is 3. The number of amides is 1. The number of hydrogen-bond acceptors (Lipinski definition) is 4. The Balaban J connectivity index is 2.38. The van der Waals surface area contributed by atoms with Crippen LogP contribution in [-0.2, 0) is 4.74 Å². The molecule has 8 heteroatoms. The van der Waals surface area contributed by atoms with Gasteiger partial charge in [-0.25, -0.2) is 4.79 Å². The van der Waals surface area contributed by atoms with Gasteiger partial charge in [-0.05, 0) is 76.8 Å². The zero-order valence-electron chi connectivity index (χ0n) is 18.4. The number of ether oxygens (including phenoxy) is 2. The Morgan fingerprint density at radius 3 is 2.43 bits per heavy atom. The summed E-state index contributed by atoms with van der Waals surface area (Å²) in [6, 6.07) is 3.53. The van der Waals surface area contributed by atoms with E-state index in [2.05, 4.69) is 0 Å². The van der Waals surface area contributed by atoms with Crippen LogP contribution in [0.5, 0.6) is 5.75 Å². The molecule has 1 aliphatic heterocycles. The van der Waals surface area contributed by atoms with E-state index in [9.17, 15) is 4.79 Å². The van der Waals surface area contributed by atoms with Crippen LogP contribution in [0, 0.1) is 6.92 Å². The lowest BCUT2D eigenvalue weighted by molar-refractivity contribution is 0.0176. The van der Waals surface area contributed by atoms with E-state index in [-0.39, 0.29) is 18.6 Å². The van der Waals surface area contributed by atoms with Crippen molar-refractivity contribution < 1.29 is 14.3 Å². The number of nitrogen functional groups attached to an aromatic ring is 1. The van der Waals surface area contributed by atoms with Crippen LogP contribution in [0.15, 0.2) is 18.2 Å². The van der Waals surface area contributed by atoms with Gasteiger partial charge in [0.2, 0.25) is 0 Å². The molecule has 168 valence electrons. The van der Waals surface area contributed by atoms with Gasteiger partial charge >= 0.3 is 6.09 Å². The topological polar surface area (TPSA) is 64.8 Å². The van der Waals surface area contributed by atoms with Crippen molar-refractivity contribution in [3.05, 3.63) is 29.3 Å². The van der Waals surface area contributed by atoms with Crippen LogP contribution in [-0.4, -0.2) is 39.1 Å². The quantitative estimate of drug-likeness (QED) is 0.396. The molecule has 0 radical (unpaired) electrons. The van der Waals surface area contributed by atoms with Gasteiger partial charge in [-0.2, -0.15) is 0 Å². The molecule has 1 aromatic rings. The zero-order chi connectivity index (χ0) is 22.9. The Labute approximate surface area is 194 Å². The van der Waals surface area contributed by atoms with Crippen LogP contribution in [0.4, 0.5) is 10.5 Å². The number of nitrogens with two attached hydrogens (primary N) is 1. The van der Waals surface area contributed by atoms with E-state index in [0.29, 0.717) is 24.4 Å². The first kappa shape index (κ1) is 25.0. The summed E-state index contributed by atoms with van der Waals surface area (Å²) in [4.78, 5) is 14.4. The van der Waals surface area contributed by atoms with Crippen LogP contribution in [0.2, 0.25) is 0 Å². The highest BCUT2D eigenvalue weighted by atomic mass is 35.6. The molecule has 0 aromatic heterocycles. The molecule has 2 N–H and O–H groups in total. The van der Waals surface area contributed by atoms with Crippen molar-refractivity contribution in [3.8, 4) is 5.75 Å². The predicted molar refractivity (Wildman–Crippen MR) is 126 cm³/mol. The molecule has 0 spiro atoms. The first-order chi connectivity index (χ1) is 13.7. The number of aryl methyl sites for hydroxylation is 1. The lowest BCUT2D eigenvalue weighted by Crippen LogP contribution is -2.46. The van der Waals surface area contributed by atoms with Crippen molar-refractivity contribution in [2.75, 3.05) is 12.3 Å². The lowest BCUT2D eigenvalue weighted by atomic mass is 9.90. The monoisotopic (exact) mass is 476 g/mol. The Morgan fingerprint density at radius 2 is 1.90 bits per heavy atom. The minimum atomic E-state index is -1.49. The molecule has 1 unspecified atom stereocenters. The fourth-order valence-corrected chi connectivity index (χ4v) is 3.97. The van der Waals surface area contributed by atoms with Crippen molar-refractivity contribution in [2.45, 2.75) is 75.9 Å². The Morgan fingerprint density at radius 1 is 1.27 bits per heavy atom. The second-order valence-corrected chi connectivity index (χ2v) is 11.4. The molecule has 1 atom stereocenters. The maximum atomic E-state index is 12.7. The van der Waals surface area contributed by atoms with E-state index in [4.69, 9.17) is 50.0 Å². The molecule has 0 bridgehead atoms. The maximum absolute atomic E-state index is 12.7. The highest BCUT2D eigenvalue weighted by Gasteiger charge is 2.36.